The first-order valence-electron chi connectivity index (χ1n) is 11.9. The molecule has 0 spiro atoms. The van der Waals surface area contributed by atoms with E-state index in [9.17, 15) is 9.59 Å². The van der Waals surface area contributed by atoms with Gasteiger partial charge >= 0.3 is 11.9 Å². The van der Waals surface area contributed by atoms with Crippen LogP contribution in [0.4, 0.5) is 0 Å². The van der Waals surface area contributed by atoms with E-state index in [4.69, 9.17) is 9.47 Å². The Morgan fingerprint density at radius 1 is 0.464 bits per heavy atom. The summed E-state index contributed by atoms with van der Waals surface area (Å²) in [5.41, 5.74) is 0. The van der Waals surface area contributed by atoms with E-state index in [1.165, 1.54) is 64.2 Å². The highest BCUT2D eigenvalue weighted by atomic mass is 16.5. The van der Waals surface area contributed by atoms with Crippen molar-refractivity contribution in [1.82, 2.24) is 0 Å². The Hall–Kier alpha value is -1.06. The fourth-order valence-electron chi connectivity index (χ4n) is 2.69. The maximum Gasteiger partial charge on any atom is 0.305 e. The SMILES string of the molecule is CCCCCCCCOC(=O)CCC.CCCCCCCCOC(=O)CCC. The molecule has 0 aliphatic carbocycles. The third-order valence-electron chi connectivity index (χ3n) is 4.43. The van der Waals surface area contributed by atoms with Crippen LogP contribution in [0.1, 0.15) is 130 Å². The first-order valence-corrected chi connectivity index (χ1v) is 11.9. The molecule has 0 aliphatic heterocycles. The van der Waals surface area contributed by atoms with Gasteiger partial charge < -0.3 is 9.47 Å². The summed E-state index contributed by atoms with van der Waals surface area (Å²) in [5, 5.41) is 0. The lowest BCUT2D eigenvalue weighted by Gasteiger charge is -2.03. The van der Waals surface area contributed by atoms with Crippen LogP contribution in [0, 0.1) is 0 Å². The summed E-state index contributed by atoms with van der Waals surface area (Å²) < 4.78 is 10.1. The van der Waals surface area contributed by atoms with Crippen LogP contribution in [0.25, 0.3) is 0 Å². The molecule has 0 radical (unpaired) electrons. The molecule has 0 aromatic rings. The fraction of sp³-hybridized carbons (Fsp3) is 0.917. The largest absolute Gasteiger partial charge is 0.466 e. The second-order valence-electron chi connectivity index (χ2n) is 7.48. The smallest absolute Gasteiger partial charge is 0.305 e. The van der Waals surface area contributed by atoms with Gasteiger partial charge in [-0.3, -0.25) is 9.59 Å². The van der Waals surface area contributed by atoms with E-state index in [0.29, 0.717) is 26.1 Å². The van der Waals surface area contributed by atoms with Gasteiger partial charge in [0.15, 0.2) is 0 Å². The van der Waals surface area contributed by atoms with Crippen LogP contribution in [0.5, 0.6) is 0 Å². The summed E-state index contributed by atoms with van der Waals surface area (Å²) in [6.45, 7) is 9.65. The average Bonchev–Trinajstić information content (AvgIpc) is 2.67. The van der Waals surface area contributed by atoms with Crippen LogP contribution in [0.3, 0.4) is 0 Å². The van der Waals surface area contributed by atoms with E-state index in [0.717, 1.165) is 25.7 Å². The number of esters is 2. The van der Waals surface area contributed by atoms with Gasteiger partial charge in [-0.15, -0.1) is 0 Å². The molecule has 0 saturated carbocycles. The molecular formula is C24H48O4. The molecule has 0 saturated heterocycles. The molecule has 4 nitrogen and oxygen atoms in total. The van der Waals surface area contributed by atoms with Crippen molar-refractivity contribution in [3.8, 4) is 0 Å². The molecule has 0 amide bonds. The highest BCUT2D eigenvalue weighted by Gasteiger charge is 2.00. The quantitative estimate of drug-likeness (QED) is 0.178. The zero-order chi connectivity index (χ0) is 21.3. The first-order chi connectivity index (χ1) is 13.6. The van der Waals surface area contributed by atoms with Crippen LogP contribution in [-0.2, 0) is 19.1 Å². The lowest BCUT2D eigenvalue weighted by molar-refractivity contribution is -0.144. The predicted molar refractivity (Wildman–Crippen MR) is 118 cm³/mol. The Morgan fingerprint density at radius 2 is 0.786 bits per heavy atom. The second-order valence-corrected chi connectivity index (χ2v) is 7.48. The molecule has 0 atom stereocenters. The van der Waals surface area contributed by atoms with Crippen molar-refractivity contribution in [3.63, 3.8) is 0 Å². The van der Waals surface area contributed by atoms with E-state index in [2.05, 4.69) is 13.8 Å². The van der Waals surface area contributed by atoms with Crippen molar-refractivity contribution in [1.29, 1.82) is 0 Å². The third-order valence-corrected chi connectivity index (χ3v) is 4.43. The Balaban J connectivity index is 0. The minimum atomic E-state index is -0.0407. The van der Waals surface area contributed by atoms with E-state index in [1.807, 2.05) is 13.8 Å². The molecule has 0 heterocycles. The topological polar surface area (TPSA) is 52.6 Å². The maximum atomic E-state index is 11.0. The van der Waals surface area contributed by atoms with Gasteiger partial charge in [0, 0.05) is 12.8 Å². The molecule has 0 N–H and O–H groups in total. The number of rotatable bonds is 18. The Bertz CT molecular complexity index is 297. The monoisotopic (exact) mass is 400 g/mol. The van der Waals surface area contributed by atoms with E-state index < -0.39 is 0 Å². The van der Waals surface area contributed by atoms with E-state index in [1.54, 1.807) is 0 Å². The Labute approximate surface area is 175 Å². The van der Waals surface area contributed by atoms with Gasteiger partial charge in [0.25, 0.3) is 0 Å². The molecule has 28 heavy (non-hydrogen) atoms. The van der Waals surface area contributed by atoms with E-state index >= 15 is 0 Å². The standard InChI is InChI=1S/2C12H24O2/c2*1-3-5-6-7-8-9-11-14-12(13)10-4-2/h2*3-11H2,1-2H3. The lowest BCUT2D eigenvalue weighted by Crippen LogP contribution is -2.04. The van der Waals surface area contributed by atoms with Crippen molar-refractivity contribution in [2.45, 2.75) is 130 Å². The van der Waals surface area contributed by atoms with Gasteiger partial charge in [-0.25, -0.2) is 0 Å². The minimum absolute atomic E-state index is 0.0407. The van der Waals surface area contributed by atoms with Gasteiger partial charge in [-0.2, -0.15) is 0 Å². The highest BCUT2D eigenvalue weighted by molar-refractivity contribution is 5.69. The summed E-state index contributed by atoms with van der Waals surface area (Å²) in [6.07, 6.45) is 17.8. The highest BCUT2D eigenvalue weighted by Crippen LogP contribution is 2.06. The van der Waals surface area contributed by atoms with Crippen LogP contribution in [0.2, 0.25) is 0 Å². The molecule has 0 aromatic heterocycles. The van der Waals surface area contributed by atoms with Crippen molar-refractivity contribution < 1.29 is 19.1 Å². The Morgan fingerprint density at radius 3 is 1.11 bits per heavy atom. The van der Waals surface area contributed by atoms with Crippen molar-refractivity contribution >= 4 is 11.9 Å². The summed E-state index contributed by atoms with van der Waals surface area (Å²) in [7, 11) is 0. The number of carbonyl (C=O) groups excluding carboxylic acids is 2. The minimum Gasteiger partial charge on any atom is -0.466 e. The lowest BCUT2D eigenvalue weighted by atomic mass is 10.1. The van der Waals surface area contributed by atoms with Crippen LogP contribution in [0.15, 0.2) is 0 Å². The van der Waals surface area contributed by atoms with Crippen LogP contribution < -0.4 is 0 Å². The summed E-state index contributed by atoms with van der Waals surface area (Å²) in [4.78, 5) is 21.9. The maximum absolute atomic E-state index is 11.0. The zero-order valence-corrected chi connectivity index (χ0v) is 19.4. The number of unbranched alkanes of at least 4 members (excludes halogenated alkanes) is 10. The average molecular weight is 401 g/mol. The molecular weight excluding hydrogens is 352 g/mol. The third kappa shape index (κ3) is 27.2. The number of hydrogen-bond donors (Lipinski definition) is 0. The molecule has 168 valence electrons. The number of ether oxygens (including phenoxy) is 2. The summed E-state index contributed by atoms with van der Waals surface area (Å²) in [6, 6.07) is 0. The molecule has 0 unspecified atom stereocenters. The number of hydrogen-bond acceptors (Lipinski definition) is 4. The Kier molecular flexibility index (Phi) is 27.0. The molecule has 0 fully saturated rings. The van der Waals surface area contributed by atoms with Gasteiger partial charge in [-0.05, 0) is 25.7 Å². The second kappa shape index (κ2) is 25.9. The summed E-state index contributed by atoms with van der Waals surface area (Å²) >= 11 is 0. The zero-order valence-electron chi connectivity index (χ0n) is 19.4. The van der Waals surface area contributed by atoms with Crippen LogP contribution in [-0.4, -0.2) is 25.2 Å². The van der Waals surface area contributed by atoms with Crippen molar-refractivity contribution in [3.05, 3.63) is 0 Å². The fourth-order valence-corrected chi connectivity index (χ4v) is 2.69. The van der Waals surface area contributed by atoms with Gasteiger partial charge in [0.05, 0.1) is 13.2 Å². The molecule has 0 aromatic carbocycles. The van der Waals surface area contributed by atoms with Gasteiger partial charge in [0.2, 0.25) is 0 Å². The molecule has 0 aliphatic rings. The van der Waals surface area contributed by atoms with E-state index in [-0.39, 0.29) is 11.9 Å². The number of carbonyl (C=O) groups is 2. The normalized spacial score (nSPS) is 10.1. The molecule has 0 rings (SSSR count). The van der Waals surface area contributed by atoms with Gasteiger partial charge in [-0.1, -0.05) is 91.9 Å². The summed E-state index contributed by atoms with van der Waals surface area (Å²) in [5.74, 6) is -0.0814. The van der Waals surface area contributed by atoms with Gasteiger partial charge in [0.1, 0.15) is 0 Å². The van der Waals surface area contributed by atoms with Crippen LogP contribution >= 0.6 is 0 Å². The van der Waals surface area contributed by atoms with Crippen molar-refractivity contribution in [2.24, 2.45) is 0 Å². The van der Waals surface area contributed by atoms with Crippen molar-refractivity contribution in [2.75, 3.05) is 13.2 Å². The first kappa shape index (κ1) is 29.1. The molecule has 0 bridgehead atoms. The molecule has 4 heteroatoms. The predicted octanol–water partition coefficient (Wildman–Crippen LogP) is 7.38.